The number of carbonyl (C=O) groups excluding carboxylic acids is 1. The minimum atomic E-state index is -0.874. The SMILES string of the molecule is C[C@@]1(C(=O)N2CCN(c3ccccc3)CC2)CC1(Cl)Cl. The molecule has 1 saturated carbocycles. The first-order valence-corrected chi connectivity index (χ1v) is 7.67. The Morgan fingerprint density at radius 1 is 1.10 bits per heavy atom. The summed E-state index contributed by atoms with van der Waals surface area (Å²) in [5, 5.41) is 0. The van der Waals surface area contributed by atoms with E-state index in [1.54, 1.807) is 0 Å². The predicted octanol–water partition coefficient (Wildman–Crippen LogP) is 2.92. The van der Waals surface area contributed by atoms with E-state index in [4.69, 9.17) is 23.2 Å². The van der Waals surface area contributed by atoms with E-state index in [2.05, 4.69) is 17.0 Å². The van der Waals surface area contributed by atoms with Gasteiger partial charge in [0.2, 0.25) is 5.91 Å². The molecule has 2 aliphatic rings. The zero-order valence-corrected chi connectivity index (χ0v) is 13.0. The first-order valence-electron chi connectivity index (χ1n) is 6.91. The number of benzene rings is 1. The van der Waals surface area contributed by atoms with Crippen LogP contribution in [0.15, 0.2) is 30.3 Å². The summed E-state index contributed by atoms with van der Waals surface area (Å²) in [6.07, 6.45) is 0.556. The second-order valence-corrected chi connectivity index (χ2v) is 7.31. The summed E-state index contributed by atoms with van der Waals surface area (Å²) in [6, 6.07) is 10.3. The smallest absolute Gasteiger partial charge is 0.231 e. The molecule has 1 aromatic rings. The molecule has 1 aromatic carbocycles. The second-order valence-electron chi connectivity index (χ2n) is 5.83. The summed E-state index contributed by atoms with van der Waals surface area (Å²) in [7, 11) is 0. The van der Waals surface area contributed by atoms with Gasteiger partial charge >= 0.3 is 0 Å². The van der Waals surface area contributed by atoms with Crippen molar-refractivity contribution in [3.05, 3.63) is 30.3 Å². The molecular weight excluding hydrogens is 295 g/mol. The monoisotopic (exact) mass is 312 g/mol. The molecule has 0 N–H and O–H groups in total. The third-order valence-electron chi connectivity index (χ3n) is 4.42. The van der Waals surface area contributed by atoms with E-state index < -0.39 is 9.75 Å². The van der Waals surface area contributed by atoms with Crippen LogP contribution in [0.3, 0.4) is 0 Å². The zero-order chi connectivity index (χ0) is 14.4. The van der Waals surface area contributed by atoms with Crippen molar-refractivity contribution in [2.45, 2.75) is 17.7 Å². The van der Waals surface area contributed by atoms with Crippen LogP contribution in [-0.4, -0.2) is 41.3 Å². The van der Waals surface area contributed by atoms with Crippen LogP contribution < -0.4 is 4.90 Å². The minimum absolute atomic E-state index is 0.0928. The van der Waals surface area contributed by atoms with E-state index in [9.17, 15) is 4.79 Å². The maximum atomic E-state index is 12.5. The van der Waals surface area contributed by atoms with Gasteiger partial charge in [0.15, 0.2) is 0 Å². The van der Waals surface area contributed by atoms with E-state index in [-0.39, 0.29) is 5.91 Å². The Kier molecular flexibility index (Phi) is 3.38. The first kappa shape index (κ1) is 14.0. The molecule has 1 atom stereocenters. The molecule has 1 aliphatic carbocycles. The van der Waals surface area contributed by atoms with Crippen molar-refractivity contribution in [3.63, 3.8) is 0 Å². The Hall–Kier alpha value is -0.930. The van der Waals surface area contributed by atoms with Crippen molar-refractivity contribution >= 4 is 34.8 Å². The molecule has 3 rings (SSSR count). The van der Waals surface area contributed by atoms with Crippen LogP contribution in [0.25, 0.3) is 0 Å². The van der Waals surface area contributed by atoms with Gasteiger partial charge in [-0.2, -0.15) is 0 Å². The number of amides is 1. The number of para-hydroxylation sites is 1. The van der Waals surface area contributed by atoms with Gasteiger partial charge < -0.3 is 9.80 Å². The van der Waals surface area contributed by atoms with Crippen LogP contribution >= 0.6 is 23.2 Å². The normalized spacial score (nSPS) is 28.4. The third-order valence-corrected chi connectivity index (χ3v) is 5.52. The lowest BCUT2D eigenvalue weighted by Gasteiger charge is -2.37. The number of carbonyl (C=O) groups is 1. The third kappa shape index (κ3) is 2.27. The minimum Gasteiger partial charge on any atom is -0.368 e. The second kappa shape index (κ2) is 4.81. The summed E-state index contributed by atoms with van der Waals surface area (Å²) in [6.45, 7) is 5.02. The fraction of sp³-hybridized carbons (Fsp3) is 0.533. The maximum absolute atomic E-state index is 12.5. The van der Waals surface area contributed by atoms with Gasteiger partial charge in [-0.15, -0.1) is 23.2 Å². The zero-order valence-electron chi connectivity index (χ0n) is 11.5. The van der Waals surface area contributed by atoms with E-state index in [0.29, 0.717) is 6.42 Å². The molecule has 0 radical (unpaired) electrons. The van der Waals surface area contributed by atoms with Gasteiger partial charge in [0.1, 0.15) is 4.33 Å². The number of alkyl halides is 2. The molecule has 1 heterocycles. The molecule has 2 fully saturated rings. The van der Waals surface area contributed by atoms with Gasteiger partial charge in [-0.1, -0.05) is 18.2 Å². The van der Waals surface area contributed by atoms with E-state index in [1.165, 1.54) is 5.69 Å². The van der Waals surface area contributed by atoms with Crippen molar-refractivity contribution < 1.29 is 4.79 Å². The highest BCUT2D eigenvalue weighted by molar-refractivity contribution is 6.53. The Morgan fingerprint density at radius 3 is 2.15 bits per heavy atom. The quantitative estimate of drug-likeness (QED) is 0.784. The molecule has 0 aromatic heterocycles. The molecule has 1 saturated heterocycles. The van der Waals surface area contributed by atoms with Gasteiger partial charge in [-0.3, -0.25) is 4.79 Å². The van der Waals surface area contributed by atoms with E-state index >= 15 is 0 Å². The summed E-state index contributed by atoms with van der Waals surface area (Å²) in [4.78, 5) is 16.7. The highest BCUT2D eigenvalue weighted by Crippen LogP contribution is 2.64. The fourth-order valence-corrected chi connectivity index (χ4v) is 3.48. The van der Waals surface area contributed by atoms with Crippen molar-refractivity contribution in [1.29, 1.82) is 0 Å². The number of nitrogens with zero attached hydrogens (tertiary/aromatic N) is 2. The van der Waals surface area contributed by atoms with Crippen LogP contribution in [0.5, 0.6) is 0 Å². The number of halogens is 2. The van der Waals surface area contributed by atoms with Crippen LogP contribution in [0.1, 0.15) is 13.3 Å². The molecule has 20 heavy (non-hydrogen) atoms. The molecule has 3 nitrogen and oxygen atoms in total. The summed E-state index contributed by atoms with van der Waals surface area (Å²) in [5.41, 5.74) is 0.617. The molecular formula is C15H18Cl2N2O. The van der Waals surface area contributed by atoms with Crippen LogP contribution in [0, 0.1) is 5.41 Å². The molecule has 0 spiro atoms. The highest BCUT2D eigenvalue weighted by atomic mass is 35.5. The van der Waals surface area contributed by atoms with Crippen LogP contribution in [-0.2, 0) is 4.79 Å². The number of anilines is 1. The maximum Gasteiger partial charge on any atom is 0.231 e. The average molecular weight is 313 g/mol. The topological polar surface area (TPSA) is 23.6 Å². The number of piperazine rings is 1. The van der Waals surface area contributed by atoms with E-state index in [0.717, 1.165) is 26.2 Å². The molecule has 0 bridgehead atoms. The Morgan fingerprint density at radius 2 is 1.65 bits per heavy atom. The Bertz CT molecular complexity index is 512. The van der Waals surface area contributed by atoms with Crippen molar-refractivity contribution in [2.75, 3.05) is 31.1 Å². The van der Waals surface area contributed by atoms with Gasteiger partial charge in [0, 0.05) is 31.9 Å². The predicted molar refractivity (Wildman–Crippen MR) is 82.4 cm³/mol. The largest absolute Gasteiger partial charge is 0.368 e. The lowest BCUT2D eigenvalue weighted by atomic mass is 10.1. The fourth-order valence-electron chi connectivity index (χ4n) is 2.79. The number of rotatable bonds is 2. The average Bonchev–Trinajstić information content (AvgIpc) is 2.99. The number of hydrogen-bond donors (Lipinski definition) is 0. The molecule has 0 unspecified atom stereocenters. The van der Waals surface area contributed by atoms with Gasteiger partial charge in [-0.05, 0) is 25.5 Å². The lowest BCUT2D eigenvalue weighted by Crippen LogP contribution is -2.51. The van der Waals surface area contributed by atoms with Gasteiger partial charge in [0.25, 0.3) is 0 Å². The molecule has 5 heteroatoms. The summed E-state index contributed by atoms with van der Waals surface area (Å²) < 4.78 is -0.874. The summed E-state index contributed by atoms with van der Waals surface area (Å²) in [5.74, 6) is 0.0928. The van der Waals surface area contributed by atoms with Crippen molar-refractivity contribution in [1.82, 2.24) is 4.90 Å². The lowest BCUT2D eigenvalue weighted by molar-refractivity contribution is -0.136. The Balaban J connectivity index is 1.61. The standard InChI is InChI=1S/C15H18Cl2N2O/c1-14(11-15(14,16)17)13(20)19-9-7-18(8-10-19)12-5-3-2-4-6-12/h2-6H,7-11H2,1H3/t14-/m0/s1. The molecule has 1 aliphatic heterocycles. The van der Waals surface area contributed by atoms with Crippen molar-refractivity contribution in [2.24, 2.45) is 5.41 Å². The van der Waals surface area contributed by atoms with Crippen LogP contribution in [0.4, 0.5) is 5.69 Å². The van der Waals surface area contributed by atoms with Crippen LogP contribution in [0.2, 0.25) is 0 Å². The van der Waals surface area contributed by atoms with Crippen molar-refractivity contribution in [3.8, 4) is 0 Å². The van der Waals surface area contributed by atoms with Gasteiger partial charge in [-0.25, -0.2) is 0 Å². The molecule has 1 amide bonds. The first-order chi connectivity index (χ1) is 9.44. The summed E-state index contributed by atoms with van der Waals surface area (Å²) >= 11 is 12.2. The van der Waals surface area contributed by atoms with E-state index in [1.807, 2.05) is 30.0 Å². The highest BCUT2D eigenvalue weighted by Gasteiger charge is 2.68. The number of hydrogen-bond acceptors (Lipinski definition) is 2. The molecule has 108 valence electrons. The Labute approximate surface area is 129 Å². The van der Waals surface area contributed by atoms with Gasteiger partial charge in [0.05, 0.1) is 5.41 Å².